The van der Waals surface area contributed by atoms with E-state index >= 15 is 0 Å². The minimum absolute atomic E-state index is 0.0674. The van der Waals surface area contributed by atoms with Gasteiger partial charge >= 0.3 is 12.2 Å². The Morgan fingerprint density at radius 2 is 1.43 bits per heavy atom. The number of aliphatic imine (C=N–C) groups is 1. The molecule has 194 valence electrons. The van der Waals surface area contributed by atoms with Gasteiger partial charge in [0.05, 0.1) is 0 Å². The zero-order chi connectivity index (χ0) is 26.3. The van der Waals surface area contributed by atoms with E-state index < -0.39 is 28.9 Å². The van der Waals surface area contributed by atoms with E-state index in [4.69, 9.17) is 15.2 Å². The van der Waals surface area contributed by atoms with Crippen LogP contribution in [-0.4, -0.2) is 53.9 Å². The molecule has 10 heteroatoms. The SMILES string of the molecule is CC(C)(C)OC(=O)/N=C(\NCCCCNC(=O)C1(N)Cc2ccccc2C1)NC(=O)OC(C)(C)C. The zero-order valence-electron chi connectivity index (χ0n) is 21.6. The van der Waals surface area contributed by atoms with E-state index in [0.29, 0.717) is 38.8 Å². The smallest absolute Gasteiger partial charge is 0.437 e. The average molecular weight is 490 g/mol. The highest BCUT2D eigenvalue weighted by molar-refractivity contribution is 5.98. The largest absolute Gasteiger partial charge is 0.444 e. The molecular formula is C25H39N5O5. The summed E-state index contributed by atoms with van der Waals surface area (Å²) < 4.78 is 10.4. The Kier molecular flexibility index (Phi) is 9.25. The number of carbonyl (C=O) groups excluding carboxylic acids is 3. The minimum Gasteiger partial charge on any atom is -0.444 e. The number of nitrogens with two attached hydrogens (primary N) is 1. The number of unbranched alkanes of at least 4 members (excludes halogenated alkanes) is 1. The Morgan fingerprint density at radius 1 is 0.914 bits per heavy atom. The van der Waals surface area contributed by atoms with Crippen molar-refractivity contribution in [1.82, 2.24) is 16.0 Å². The topological polar surface area (TPSA) is 144 Å². The highest BCUT2D eigenvalue weighted by Gasteiger charge is 2.39. The molecule has 0 spiro atoms. The molecule has 3 amide bonds. The number of ether oxygens (including phenoxy) is 2. The van der Waals surface area contributed by atoms with Gasteiger partial charge in [-0.25, -0.2) is 9.59 Å². The second-order valence-electron chi connectivity index (χ2n) is 10.7. The molecule has 0 saturated carbocycles. The summed E-state index contributed by atoms with van der Waals surface area (Å²) in [6, 6.07) is 7.91. The van der Waals surface area contributed by atoms with Crippen molar-refractivity contribution < 1.29 is 23.9 Å². The van der Waals surface area contributed by atoms with E-state index in [1.807, 2.05) is 24.3 Å². The lowest BCUT2D eigenvalue weighted by molar-refractivity contribution is -0.126. The highest BCUT2D eigenvalue weighted by Crippen LogP contribution is 2.28. The van der Waals surface area contributed by atoms with E-state index in [1.165, 1.54) is 0 Å². The lowest BCUT2D eigenvalue weighted by atomic mass is 9.96. The Balaban J connectivity index is 1.80. The van der Waals surface area contributed by atoms with Crippen molar-refractivity contribution in [3.63, 3.8) is 0 Å². The van der Waals surface area contributed by atoms with Crippen molar-refractivity contribution in [3.05, 3.63) is 35.4 Å². The van der Waals surface area contributed by atoms with Crippen LogP contribution in [0.5, 0.6) is 0 Å². The van der Waals surface area contributed by atoms with Gasteiger partial charge < -0.3 is 25.8 Å². The van der Waals surface area contributed by atoms with E-state index in [1.54, 1.807) is 41.5 Å². The van der Waals surface area contributed by atoms with Gasteiger partial charge in [-0.2, -0.15) is 0 Å². The fourth-order valence-electron chi connectivity index (χ4n) is 3.53. The van der Waals surface area contributed by atoms with Crippen LogP contribution in [-0.2, 0) is 27.1 Å². The van der Waals surface area contributed by atoms with Gasteiger partial charge in [-0.1, -0.05) is 24.3 Å². The fraction of sp³-hybridized carbons (Fsp3) is 0.600. The number of hydrogen-bond acceptors (Lipinski definition) is 6. The van der Waals surface area contributed by atoms with Crippen molar-refractivity contribution in [2.45, 2.75) is 84.0 Å². The maximum absolute atomic E-state index is 12.7. The van der Waals surface area contributed by atoms with Gasteiger partial charge in [0.15, 0.2) is 0 Å². The van der Waals surface area contributed by atoms with Gasteiger partial charge in [0.2, 0.25) is 11.9 Å². The number of carbonyl (C=O) groups is 3. The number of nitrogens with one attached hydrogen (secondary N) is 3. The number of benzene rings is 1. The first-order chi connectivity index (χ1) is 16.2. The fourth-order valence-corrected chi connectivity index (χ4v) is 3.53. The monoisotopic (exact) mass is 489 g/mol. The first kappa shape index (κ1) is 28.1. The summed E-state index contributed by atoms with van der Waals surface area (Å²) in [6.07, 6.45) is 0.768. The summed E-state index contributed by atoms with van der Waals surface area (Å²) in [5.74, 6) is -0.234. The van der Waals surface area contributed by atoms with E-state index in [9.17, 15) is 14.4 Å². The molecule has 0 bridgehead atoms. The molecule has 0 fully saturated rings. The summed E-state index contributed by atoms with van der Waals surface area (Å²) in [5.41, 5.74) is 6.25. The number of alkyl carbamates (subject to hydrolysis) is 1. The van der Waals surface area contributed by atoms with Crippen LogP contribution in [0, 0.1) is 0 Å². The lowest BCUT2D eigenvalue weighted by Crippen LogP contribution is -2.55. The third-order valence-electron chi connectivity index (χ3n) is 4.98. The van der Waals surface area contributed by atoms with Gasteiger partial charge in [-0.15, -0.1) is 4.99 Å². The number of fused-ring (bicyclic) bond motifs is 1. The van der Waals surface area contributed by atoms with Crippen LogP contribution < -0.4 is 21.7 Å². The Hall–Kier alpha value is -3.14. The third-order valence-corrected chi connectivity index (χ3v) is 4.98. The number of guanidine groups is 1. The highest BCUT2D eigenvalue weighted by atomic mass is 16.6. The summed E-state index contributed by atoms with van der Waals surface area (Å²) in [6.45, 7) is 11.2. The van der Waals surface area contributed by atoms with Gasteiger partial charge in [-0.05, 0) is 78.4 Å². The molecule has 0 aliphatic heterocycles. The summed E-state index contributed by atoms with van der Waals surface area (Å²) in [4.78, 5) is 40.7. The molecule has 0 radical (unpaired) electrons. The molecule has 0 atom stereocenters. The summed E-state index contributed by atoms with van der Waals surface area (Å²) in [5, 5.41) is 8.27. The molecule has 1 aliphatic carbocycles. The van der Waals surface area contributed by atoms with Crippen LogP contribution >= 0.6 is 0 Å². The molecule has 0 unspecified atom stereocenters. The van der Waals surface area contributed by atoms with Crippen LogP contribution in [0.2, 0.25) is 0 Å². The minimum atomic E-state index is -0.924. The van der Waals surface area contributed by atoms with Crippen LogP contribution in [0.3, 0.4) is 0 Å². The van der Waals surface area contributed by atoms with Gasteiger partial charge in [0.25, 0.3) is 0 Å². The molecule has 0 heterocycles. The van der Waals surface area contributed by atoms with Crippen LogP contribution in [0.1, 0.15) is 65.5 Å². The quantitative estimate of drug-likeness (QED) is 0.273. The molecular weight excluding hydrogens is 450 g/mol. The van der Waals surface area contributed by atoms with Gasteiger partial charge in [0.1, 0.15) is 16.7 Å². The van der Waals surface area contributed by atoms with E-state index in [2.05, 4.69) is 20.9 Å². The summed E-state index contributed by atoms with van der Waals surface area (Å²) in [7, 11) is 0. The van der Waals surface area contributed by atoms with Gasteiger partial charge in [-0.3, -0.25) is 10.1 Å². The van der Waals surface area contributed by atoms with Crippen molar-refractivity contribution in [3.8, 4) is 0 Å². The second-order valence-corrected chi connectivity index (χ2v) is 10.7. The standard InChI is InChI=1S/C25H39N5O5/c1-23(2,3)34-21(32)29-20(30-22(33)35-24(4,5)6)28-14-10-9-13-27-19(31)25(26)15-17-11-7-8-12-18(17)16-25/h7-8,11-12H,9-10,13-16,26H2,1-6H3,(H,27,31)(H2,28,29,30,32,33). The molecule has 10 nitrogen and oxygen atoms in total. The molecule has 0 saturated heterocycles. The molecule has 1 aromatic carbocycles. The Bertz CT molecular complexity index is 921. The average Bonchev–Trinajstić information content (AvgIpc) is 3.04. The predicted octanol–water partition coefficient (Wildman–Crippen LogP) is 2.78. The molecule has 2 rings (SSSR count). The first-order valence-electron chi connectivity index (χ1n) is 11.9. The molecule has 1 aliphatic rings. The maximum atomic E-state index is 12.7. The third kappa shape index (κ3) is 9.94. The van der Waals surface area contributed by atoms with Crippen LogP contribution in [0.15, 0.2) is 29.3 Å². The number of amides is 3. The number of hydrogen-bond donors (Lipinski definition) is 4. The zero-order valence-corrected chi connectivity index (χ0v) is 21.6. The second kappa shape index (κ2) is 11.5. The predicted molar refractivity (Wildman–Crippen MR) is 134 cm³/mol. The molecule has 35 heavy (non-hydrogen) atoms. The Morgan fingerprint density at radius 3 is 1.94 bits per heavy atom. The van der Waals surface area contributed by atoms with Gasteiger partial charge in [0, 0.05) is 13.1 Å². The molecule has 5 N–H and O–H groups in total. The lowest BCUT2D eigenvalue weighted by Gasteiger charge is -2.22. The molecule has 1 aromatic rings. The van der Waals surface area contributed by atoms with E-state index in [-0.39, 0.29) is 11.9 Å². The number of rotatable bonds is 6. The maximum Gasteiger partial charge on any atom is 0.437 e. The van der Waals surface area contributed by atoms with Crippen molar-refractivity contribution in [1.29, 1.82) is 0 Å². The summed E-state index contributed by atoms with van der Waals surface area (Å²) >= 11 is 0. The van der Waals surface area contributed by atoms with Crippen molar-refractivity contribution in [2.75, 3.05) is 13.1 Å². The van der Waals surface area contributed by atoms with Crippen LogP contribution in [0.25, 0.3) is 0 Å². The molecule has 0 aromatic heterocycles. The van der Waals surface area contributed by atoms with E-state index in [0.717, 1.165) is 11.1 Å². The normalized spacial score (nSPS) is 15.1. The Labute approximate surface area is 207 Å². The number of nitrogens with zero attached hydrogens (tertiary/aromatic N) is 1. The van der Waals surface area contributed by atoms with Crippen LogP contribution in [0.4, 0.5) is 9.59 Å². The van der Waals surface area contributed by atoms with Crippen molar-refractivity contribution in [2.24, 2.45) is 10.7 Å². The first-order valence-corrected chi connectivity index (χ1v) is 11.9. The van der Waals surface area contributed by atoms with Crippen molar-refractivity contribution >= 4 is 24.1 Å².